The molecule has 2 nitrogen and oxygen atoms in total. The molecule has 0 saturated heterocycles. The minimum Gasteiger partial charge on any atom is -0.390 e. The van der Waals surface area contributed by atoms with Gasteiger partial charge in [-0.25, -0.2) is 0 Å². The van der Waals surface area contributed by atoms with Gasteiger partial charge in [0.25, 0.3) is 0 Å². The summed E-state index contributed by atoms with van der Waals surface area (Å²) in [4.78, 5) is 4.02. The molecule has 1 atom stereocenters. The van der Waals surface area contributed by atoms with Gasteiger partial charge < -0.3 is 10.0 Å². The quantitative estimate of drug-likeness (QED) is 0.857. The number of aliphatic hydroxyl groups is 1. The third kappa shape index (κ3) is 1.54. The van der Waals surface area contributed by atoms with Crippen LogP contribution in [0.3, 0.4) is 0 Å². The second kappa shape index (κ2) is 3.62. The van der Waals surface area contributed by atoms with Crippen molar-refractivity contribution >= 4 is 11.8 Å². The van der Waals surface area contributed by atoms with Crippen LogP contribution in [-0.4, -0.2) is 26.4 Å². The molecule has 0 aromatic heterocycles. The average Bonchev–Trinajstić information content (AvgIpc) is 3.04. The summed E-state index contributed by atoms with van der Waals surface area (Å²) in [6.07, 6.45) is 15.6. The van der Waals surface area contributed by atoms with Crippen molar-refractivity contribution in [2.24, 2.45) is 11.3 Å². The van der Waals surface area contributed by atoms with E-state index < -0.39 is 5.60 Å². The van der Waals surface area contributed by atoms with Crippen LogP contribution >= 0.6 is 11.8 Å². The van der Waals surface area contributed by atoms with Gasteiger partial charge in [-0.15, -0.1) is 11.8 Å². The van der Waals surface area contributed by atoms with E-state index in [9.17, 15) is 5.11 Å². The molecule has 4 fully saturated rings. The van der Waals surface area contributed by atoms with Crippen molar-refractivity contribution in [3.8, 4) is 0 Å². The van der Waals surface area contributed by atoms with Gasteiger partial charge in [-0.3, -0.25) is 0 Å². The number of hydrogen-bond acceptors (Lipinski definition) is 3. The molecule has 2 heterocycles. The molecule has 0 aromatic rings. The lowest BCUT2D eigenvalue weighted by Crippen LogP contribution is -2.78. The van der Waals surface area contributed by atoms with Gasteiger partial charge in [0, 0.05) is 27.3 Å². The molecule has 1 unspecified atom stereocenters. The summed E-state index contributed by atoms with van der Waals surface area (Å²) < 4.78 is 0. The molecule has 21 heavy (non-hydrogen) atoms. The zero-order valence-electron chi connectivity index (χ0n) is 12.8. The molecule has 3 heteroatoms. The Morgan fingerprint density at radius 2 is 2.00 bits per heavy atom. The standard InChI is InChI=1S/C18H23NOS/c1-16(2,20)17-9-18(10-17,11-17)19-7-3-4-14-13(19)8-15(21-14)12-5-6-12/h3-4,7-8,12,15,20H,5-6,9-11H2,1-2H3. The lowest BCUT2D eigenvalue weighted by Gasteiger charge is -2.77. The molecule has 2 aliphatic heterocycles. The van der Waals surface area contributed by atoms with Crippen molar-refractivity contribution in [3.63, 3.8) is 0 Å². The van der Waals surface area contributed by atoms with Gasteiger partial charge in [0.05, 0.1) is 11.3 Å². The van der Waals surface area contributed by atoms with E-state index in [2.05, 4.69) is 41.1 Å². The topological polar surface area (TPSA) is 23.5 Å². The Labute approximate surface area is 131 Å². The first-order valence-electron chi connectivity index (χ1n) is 8.22. The molecule has 4 aliphatic carbocycles. The van der Waals surface area contributed by atoms with Crippen LogP contribution in [0.4, 0.5) is 0 Å². The lowest BCUT2D eigenvalue weighted by molar-refractivity contribution is -0.276. The molecule has 2 bridgehead atoms. The first-order chi connectivity index (χ1) is 9.93. The molecule has 0 spiro atoms. The van der Waals surface area contributed by atoms with Gasteiger partial charge in [0.2, 0.25) is 0 Å². The zero-order valence-corrected chi connectivity index (χ0v) is 13.6. The summed E-state index contributed by atoms with van der Waals surface area (Å²) in [5.41, 5.74) is 1.43. The molecule has 0 aromatic carbocycles. The lowest BCUT2D eigenvalue weighted by atomic mass is 9.34. The van der Waals surface area contributed by atoms with E-state index in [0.717, 1.165) is 25.2 Å². The molecule has 4 saturated carbocycles. The smallest absolute Gasteiger partial charge is 0.0650 e. The molecule has 1 N–H and O–H groups in total. The molecule has 112 valence electrons. The Bertz CT molecular complexity index is 585. The number of nitrogens with zero attached hydrogens (tertiary/aromatic N) is 1. The average molecular weight is 301 g/mol. The largest absolute Gasteiger partial charge is 0.390 e. The fourth-order valence-electron chi connectivity index (χ4n) is 4.81. The first-order valence-corrected chi connectivity index (χ1v) is 9.10. The molecule has 0 amide bonds. The van der Waals surface area contributed by atoms with E-state index in [1.54, 1.807) is 0 Å². The van der Waals surface area contributed by atoms with Gasteiger partial charge in [0.15, 0.2) is 0 Å². The first kappa shape index (κ1) is 12.8. The molecule has 0 radical (unpaired) electrons. The van der Waals surface area contributed by atoms with Gasteiger partial charge in [-0.1, -0.05) is 0 Å². The maximum absolute atomic E-state index is 10.4. The van der Waals surface area contributed by atoms with Gasteiger partial charge in [-0.05, 0) is 70.1 Å². The Hall–Kier alpha value is -0.670. The second-order valence-electron chi connectivity index (χ2n) is 8.31. The van der Waals surface area contributed by atoms with E-state index in [1.165, 1.54) is 23.4 Å². The predicted molar refractivity (Wildman–Crippen MR) is 86.6 cm³/mol. The minimum atomic E-state index is -0.526. The fourth-order valence-corrected chi connectivity index (χ4v) is 6.21. The second-order valence-corrected chi connectivity index (χ2v) is 9.53. The highest BCUT2D eigenvalue weighted by Crippen LogP contribution is 2.75. The molecular formula is C18H23NOS. The monoisotopic (exact) mass is 301 g/mol. The zero-order chi connectivity index (χ0) is 14.5. The third-order valence-corrected chi connectivity index (χ3v) is 7.87. The van der Waals surface area contributed by atoms with E-state index in [1.807, 2.05) is 13.8 Å². The summed E-state index contributed by atoms with van der Waals surface area (Å²) in [5, 5.41) is 11.1. The number of fused-ring (bicyclic) bond motifs is 1. The van der Waals surface area contributed by atoms with Crippen molar-refractivity contribution in [3.05, 3.63) is 35.0 Å². The Morgan fingerprint density at radius 1 is 1.29 bits per heavy atom. The Morgan fingerprint density at radius 3 is 2.62 bits per heavy atom. The number of hydrogen-bond donors (Lipinski definition) is 1. The normalized spacial score (nSPS) is 43.8. The van der Waals surface area contributed by atoms with Crippen molar-refractivity contribution in [2.45, 2.75) is 62.3 Å². The highest BCUT2D eigenvalue weighted by molar-refractivity contribution is 8.04. The van der Waals surface area contributed by atoms with E-state index in [-0.39, 0.29) is 5.41 Å². The third-order valence-electron chi connectivity index (χ3n) is 6.48. The fraction of sp³-hybridized carbons (Fsp3) is 0.667. The maximum Gasteiger partial charge on any atom is 0.0650 e. The number of allylic oxidation sites excluding steroid dienone is 2. The van der Waals surface area contributed by atoms with E-state index in [0.29, 0.717) is 10.8 Å². The molecular weight excluding hydrogens is 278 g/mol. The van der Waals surface area contributed by atoms with Gasteiger partial charge >= 0.3 is 0 Å². The predicted octanol–water partition coefficient (Wildman–Crippen LogP) is 3.80. The van der Waals surface area contributed by atoms with Crippen LogP contribution in [-0.2, 0) is 0 Å². The van der Waals surface area contributed by atoms with E-state index >= 15 is 0 Å². The van der Waals surface area contributed by atoms with Crippen molar-refractivity contribution in [1.29, 1.82) is 0 Å². The van der Waals surface area contributed by atoms with Crippen LogP contribution in [0.2, 0.25) is 0 Å². The minimum absolute atomic E-state index is 0.185. The number of thioether (sulfide) groups is 1. The highest BCUT2D eigenvalue weighted by Gasteiger charge is 2.75. The SMILES string of the molecule is CC(C)(O)C12CC(N3C=CC=C4SC(C5CC5)C=C43)(C1)C2. The summed E-state index contributed by atoms with van der Waals surface area (Å²) in [6.45, 7) is 3.97. The summed E-state index contributed by atoms with van der Waals surface area (Å²) in [6, 6.07) is 0. The summed E-state index contributed by atoms with van der Waals surface area (Å²) >= 11 is 2.07. The van der Waals surface area contributed by atoms with Gasteiger partial charge in [-0.2, -0.15) is 0 Å². The van der Waals surface area contributed by atoms with Crippen molar-refractivity contribution in [1.82, 2.24) is 4.90 Å². The number of rotatable bonds is 3. The van der Waals surface area contributed by atoms with Crippen LogP contribution in [0.5, 0.6) is 0 Å². The van der Waals surface area contributed by atoms with Crippen LogP contribution < -0.4 is 0 Å². The maximum atomic E-state index is 10.4. The molecule has 6 rings (SSSR count). The summed E-state index contributed by atoms with van der Waals surface area (Å²) in [5.74, 6) is 0.923. The van der Waals surface area contributed by atoms with E-state index in [4.69, 9.17) is 0 Å². The van der Waals surface area contributed by atoms with Crippen LogP contribution in [0.1, 0.15) is 46.0 Å². The van der Waals surface area contributed by atoms with Gasteiger partial charge in [0.1, 0.15) is 0 Å². The molecule has 6 aliphatic rings. The van der Waals surface area contributed by atoms with Crippen LogP contribution in [0, 0.1) is 11.3 Å². The Kier molecular flexibility index (Phi) is 2.21. The Balaban J connectivity index is 1.41. The van der Waals surface area contributed by atoms with Crippen LogP contribution in [0.25, 0.3) is 0 Å². The highest BCUT2D eigenvalue weighted by atomic mass is 32.2. The van der Waals surface area contributed by atoms with Crippen molar-refractivity contribution < 1.29 is 5.11 Å². The van der Waals surface area contributed by atoms with Crippen LogP contribution in [0.15, 0.2) is 35.0 Å². The van der Waals surface area contributed by atoms with Crippen molar-refractivity contribution in [2.75, 3.05) is 0 Å². The summed E-state index contributed by atoms with van der Waals surface area (Å²) in [7, 11) is 0.